The lowest BCUT2D eigenvalue weighted by Crippen LogP contribution is -2.50. The van der Waals surface area contributed by atoms with Gasteiger partial charge in [-0.2, -0.15) is 0 Å². The van der Waals surface area contributed by atoms with Crippen LogP contribution in [0.1, 0.15) is 26.3 Å². The van der Waals surface area contributed by atoms with E-state index in [1.807, 2.05) is 20.8 Å². The average molecular weight is 268 g/mol. The molecule has 0 unspecified atom stereocenters. The number of amides is 1. The van der Waals surface area contributed by atoms with E-state index in [0.717, 1.165) is 5.56 Å². The molecular weight excluding hydrogens is 247 g/mol. The highest BCUT2D eigenvalue weighted by Gasteiger charge is 2.27. The molecule has 4 nitrogen and oxygen atoms in total. The summed E-state index contributed by atoms with van der Waals surface area (Å²) in [4.78, 5) is 12.5. The summed E-state index contributed by atoms with van der Waals surface area (Å²) in [5, 5.41) is 9.18. The van der Waals surface area contributed by atoms with Crippen molar-refractivity contribution in [2.45, 2.75) is 38.8 Å². The van der Waals surface area contributed by atoms with Crippen molar-refractivity contribution in [3.05, 3.63) is 35.6 Å². The Balaban J connectivity index is 2.68. The number of halogens is 1. The van der Waals surface area contributed by atoms with Gasteiger partial charge in [-0.25, -0.2) is 9.18 Å². The van der Waals surface area contributed by atoms with E-state index in [2.05, 4.69) is 0 Å². The van der Waals surface area contributed by atoms with Crippen LogP contribution in [0.2, 0.25) is 0 Å². The predicted molar refractivity (Wildman–Crippen MR) is 72.6 cm³/mol. The third-order valence-corrected chi connectivity index (χ3v) is 2.84. The molecule has 0 heterocycles. The van der Waals surface area contributed by atoms with Gasteiger partial charge in [-0.15, -0.1) is 0 Å². The Kier molecular flexibility index (Phi) is 4.89. The summed E-state index contributed by atoms with van der Waals surface area (Å²) in [6.07, 6.45) is -0.556. The fourth-order valence-corrected chi connectivity index (χ4v) is 1.90. The van der Waals surface area contributed by atoms with E-state index in [9.17, 15) is 14.3 Å². The Labute approximate surface area is 113 Å². The van der Waals surface area contributed by atoms with Crippen molar-refractivity contribution in [2.75, 3.05) is 6.54 Å². The molecule has 1 atom stereocenters. The second-order valence-electron chi connectivity index (χ2n) is 5.66. The second-order valence-corrected chi connectivity index (χ2v) is 5.66. The van der Waals surface area contributed by atoms with Crippen molar-refractivity contribution >= 4 is 6.09 Å². The van der Waals surface area contributed by atoms with Crippen LogP contribution in [0.5, 0.6) is 0 Å². The van der Waals surface area contributed by atoms with E-state index in [4.69, 9.17) is 5.73 Å². The molecule has 0 aromatic heterocycles. The van der Waals surface area contributed by atoms with Gasteiger partial charge in [0, 0.05) is 18.1 Å². The molecule has 0 spiro atoms. The van der Waals surface area contributed by atoms with Crippen LogP contribution in [0.25, 0.3) is 0 Å². The second kappa shape index (κ2) is 6.02. The lowest BCUT2D eigenvalue weighted by Gasteiger charge is -2.35. The van der Waals surface area contributed by atoms with Gasteiger partial charge in [-0.05, 0) is 44.9 Å². The maximum atomic E-state index is 13.1. The molecule has 1 aromatic rings. The van der Waals surface area contributed by atoms with Gasteiger partial charge in [-0.3, -0.25) is 0 Å². The smallest absolute Gasteiger partial charge is 0.407 e. The van der Waals surface area contributed by atoms with Crippen molar-refractivity contribution in [1.29, 1.82) is 0 Å². The summed E-state index contributed by atoms with van der Waals surface area (Å²) in [7, 11) is 0. The predicted octanol–water partition coefficient (Wildman–Crippen LogP) is 2.47. The number of nitrogens with zero attached hydrogens (tertiary/aromatic N) is 1. The van der Waals surface area contributed by atoms with Crippen LogP contribution in [0, 0.1) is 5.82 Å². The van der Waals surface area contributed by atoms with Crippen LogP contribution in [-0.2, 0) is 6.42 Å². The quantitative estimate of drug-likeness (QED) is 0.881. The fourth-order valence-electron chi connectivity index (χ4n) is 1.90. The number of hydrogen-bond acceptors (Lipinski definition) is 2. The van der Waals surface area contributed by atoms with Gasteiger partial charge in [0.25, 0.3) is 0 Å². The largest absolute Gasteiger partial charge is 0.465 e. The van der Waals surface area contributed by atoms with Crippen molar-refractivity contribution < 1.29 is 14.3 Å². The van der Waals surface area contributed by atoms with E-state index >= 15 is 0 Å². The van der Waals surface area contributed by atoms with E-state index < -0.39 is 11.6 Å². The molecule has 5 heteroatoms. The monoisotopic (exact) mass is 268 g/mol. The Morgan fingerprint density at radius 3 is 2.58 bits per heavy atom. The lowest BCUT2D eigenvalue weighted by molar-refractivity contribution is 0.0960. The Morgan fingerprint density at radius 1 is 1.47 bits per heavy atom. The topological polar surface area (TPSA) is 66.6 Å². The first-order valence-corrected chi connectivity index (χ1v) is 6.20. The van der Waals surface area contributed by atoms with Gasteiger partial charge in [-0.1, -0.05) is 12.1 Å². The SMILES string of the molecule is CC(C)(C)N(C[C@H](N)Cc1cccc(F)c1)C(=O)O. The summed E-state index contributed by atoms with van der Waals surface area (Å²) in [5.74, 6) is -0.310. The van der Waals surface area contributed by atoms with Gasteiger partial charge < -0.3 is 15.7 Å². The van der Waals surface area contributed by atoms with Gasteiger partial charge in [0.05, 0.1) is 0 Å². The summed E-state index contributed by atoms with van der Waals surface area (Å²) in [6.45, 7) is 5.66. The minimum atomic E-state index is -0.998. The molecule has 0 saturated carbocycles. The first-order chi connectivity index (χ1) is 8.70. The maximum absolute atomic E-state index is 13.1. The number of nitrogens with two attached hydrogens (primary N) is 1. The normalized spacial score (nSPS) is 13.1. The maximum Gasteiger partial charge on any atom is 0.407 e. The molecule has 0 saturated heterocycles. The van der Waals surface area contributed by atoms with E-state index in [1.54, 1.807) is 12.1 Å². The van der Waals surface area contributed by atoms with Crippen molar-refractivity contribution in [1.82, 2.24) is 4.90 Å². The number of benzene rings is 1. The molecule has 0 bridgehead atoms. The Hall–Kier alpha value is -1.62. The summed E-state index contributed by atoms with van der Waals surface area (Å²) >= 11 is 0. The van der Waals surface area contributed by atoms with E-state index in [0.29, 0.717) is 6.42 Å². The van der Waals surface area contributed by atoms with Crippen molar-refractivity contribution in [3.63, 3.8) is 0 Å². The van der Waals surface area contributed by atoms with Crippen LogP contribution in [0.4, 0.5) is 9.18 Å². The molecule has 0 fully saturated rings. The first kappa shape index (κ1) is 15.4. The minimum absolute atomic E-state index is 0.218. The highest BCUT2D eigenvalue weighted by molar-refractivity contribution is 5.66. The zero-order valence-electron chi connectivity index (χ0n) is 11.6. The first-order valence-electron chi connectivity index (χ1n) is 6.20. The van der Waals surface area contributed by atoms with Crippen LogP contribution in [-0.4, -0.2) is 34.2 Å². The van der Waals surface area contributed by atoms with Crippen LogP contribution in [0.15, 0.2) is 24.3 Å². The summed E-state index contributed by atoms with van der Waals surface area (Å²) in [6, 6.07) is 5.83. The molecule has 19 heavy (non-hydrogen) atoms. The molecular formula is C14H21FN2O2. The molecule has 1 aromatic carbocycles. The molecule has 3 N–H and O–H groups in total. The number of carbonyl (C=O) groups is 1. The minimum Gasteiger partial charge on any atom is -0.465 e. The molecule has 0 aliphatic carbocycles. The fraction of sp³-hybridized carbons (Fsp3) is 0.500. The third-order valence-electron chi connectivity index (χ3n) is 2.84. The third kappa shape index (κ3) is 4.87. The molecule has 0 radical (unpaired) electrons. The molecule has 1 amide bonds. The molecule has 1 rings (SSSR count). The van der Waals surface area contributed by atoms with Gasteiger partial charge in [0.15, 0.2) is 0 Å². The van der Waals surface area contributed by atoms with Crippen molar-refractivity contribution in [3.8, 4) is 0 Å². The number of hydrogen-bond donors (Lipinski definition) is 2. The zero-order chi connectivity index (χ0) is 14.6. The highest BCUT2D eigenvalue weighted by atomic mass is 19.1. The number of rotatable bonds is 4. The Morgan fingerprint density at radius 2 is 2.11 bits per heavy atom. The van der Waals surface area contributed by atoms with Crippen LogP contribution in [0.3, 0.4) is 0 Å². The highest BCUT2D eigenvalue weighted by Crippen LogP contribution is 2.15. The van der Waals surface area contributed by atoms with Gasteiger partial charge in [0.1, 0.15) is 5.82 Å². The standard InChI is InChI=1S/C14H21FN2O2/c1-14(2,3)17(13(18)19)9-12(16)8-10-5-4-6-11(15)7-10/h4-7,12H,8-9,16H2,1-3H3,(H,18,19)/t12-/m1/s1. The Bertz CT molecular complexity index is 443. The van der Waals surface area contributed by atoms with E-state index in [-0.39, 0.29) is 18.4 Å². The average Bonchev–Trinajstić information content (AvgIpc) is 2.24. The van der Waals surface area contributed by atoms with Crippen molar-refractivity contribution in [2.24, 2.45) is 5.73 Å². The molecule has 0 aliphatic heterocycles. The van der Waals surface area contributed by atoms with Crippen LogP contribution >= 0.6 is 0 Å². The van der Waals surface area contributed by atoms with Gasteiger partial charge >= 0.3 is 6.09 Å². The van der Waals surface area contributed by atoms with Gasteiger partial charge in [0.2, 0.25) is 0 Å². The summed E-state index contributed by atoms with van der Waals surface area (Å²) < 4.78 is 13.1. The van der Waals surface area contributed by atoms with E-state index in [1.165, 1.54) is 17.0 Å². The van der Waals surface area contributed by atoms with Crippen LogP contribution < -0.4 is 5.73 Å². The number of carboxylic acid groups (broad SMARTS) is 1. The summed E-state index contributed by atoms with van der Waals surface area (Å²) in [5.41, 5.74) is 6.23. The lowest BCUT2D eigenvalue weighted by atomic mass is 10.0. The zero-order valence-corrected chi connectivity index (χ0v) is 11.6. The molecule has 106 valence electrons. The molecule has 0 aliphatic rings.